The Hall–Kier alpha value is -3.10. The Bertz CT molecular complexity index is 824. The van der Waals surface area contributed by atoms with Gasteiger partial charge in [0, 0.05) is 24.2 Å². The highest BCUT2D eigenvalue weighted by atomic mass is 16.4. The Morgan fingerprint density at radius 3 is 1.93 bits per heavy atom. The zero-order valence-corrected chi connectivity index (χ0v) is 14.7. The van der Waals surface area contributed by atoms with Crippen LogP contribution in [0.15, 0.2) is 42.5 Å². The van der Waals surface area contributed by atoms with Crippen LogP contribution in [-0.4, -0.2) is 45.5 Å². The van der Waals surface area contributed by atoms with Crippen LogP contribution in [0.1, 0.15) is 28.8 Å². The Kier molecular flexibility index (Phi) is 6.75. The molecule has 0 heterocycles. The molecule has 2 unspecified atom stereocenters. The summed E-state index contributed by atoms with van der Waals surface area (Å²) in [5.74, 6) is -2.60. The molecular weight excluding hydrogens is 352 g/mol. The SMILES string of the molecule is Cc1ccc(O)c(C(NCCNC(C(=O)O)c2ccccc2O)C(=O)O)c1. The van der Waals surface area contributed by atoms with E-state index in [9.17, 15) is 30.0 Å². The molecule has 0 aromatic heterocycles. The molecular formula is C19H22N2O6. The Morgan fingerprint density at radius 1 is 0.852 bits per heavy atom. The van der Waals surface area contributed by atoms with E-state index in [1.54, 1.807) is 31.2 Å². The van der Waals surface area contributed by atoms with Gasteiger partial charge in [0.15, 0.2) is 0 Å². The summed E-state index contributed by atoms with van der Waals surface area (Å²) in [6.45, 7) is 2.04. The van der Waals surface area contributed by atoms with Crippen LogP contribution in [-0.2, 0) is 9.59 Å². The number of hydrogen-bond acceptors (Lipinski definition) is 6. The predicted octanol–water partition coefficient (Wildman–Crippen LogP) is 1.54. The van der Waals surface area contributed by atoms with E-state index in [0.29, 0.717) is 0 Å². The summed E-state index contributed by atoms with van der Waals surface area (Å²) < 4.78 is 0. The normalized spacial score (nSPS) is 13.1. The van der Waals surface area contributed by atoms with Gasteiger partial charge in [0.2, 0.25) is 0 Å². The Labute approximate surface area is 156 Å². The van der Waals surface area contributed by atoms with Gasteiger partial charge < -0.3 is 20.4 Å². The lowest BCUT2D eigenvalue weighted by molar-refractivity contribution is -0.141. The fraction of sp³-hybridized carbons (Fsp3) is 0.263. The maximum Gasteiger partial charge on any atom is 0.325 e. The van der Waals surface area contributed by atoms with E-state index < -0.39 is 24.0 Å². The number of phenolic OH excluding ortho intramolecular Hbond substituents is 2. The quantitative estimate of drug-likeness (QED) is 0.363. The molecule has 6 N–H and O–H groups in total. The van der Waals surface area contributed by atoms with E-state index in [1.807, 2.05) is 0 Å². The van der Waals surface area contributed by atoms with Gasteiger partial charge in [-0.25, -0.2) is 0 Å². The fourth-order valence-electron chi connectivity index (χ4n) is 2.73. The van der Waals surface area contributed by atoms with E-state index in [4.69, 9.17) is 0 Å². The molecule has 2 aromatic rings. The molecule has 0 radical (unpaired) electrons. The number of carboxylic acids is 2. The van der Waals surface area contributed by atoms with Crippen molar-refractivity contribution < 1.29 is 30.0 Å². The van der Waals surface area contributed by atoms with Crippen molar-refractivity contribution in [3.8, 4) is 11.5 Å². The molecule has 0 aliphatic carbocycles. The molecule has 0 saturated heterocycles. The number of aryl methyl sites for hydroxylation is 1. The van der Waals surface area contributed by atoms with Gasteiger partial charge in [0.1, 0.15) is 23.6 Å². The summed E-state index contributed by atoms with van der Waals surface area (Å²) in [6, 6.07) is 8.50. The van der Waals surface area contributed by atoms with Gasteiger partial charge in [0.05, 0.1) is 0 Å². The molecule has 0 bridgehead atoms. The molecule has 2 rings (SSSR count). The first kappa shape index (κ1) is 20.2. The number of nitrogens with one attached hydrogen (secondary N) is 2. The number of rotatable bonds is 9. The predicted molar refractivity (Wildman–Crippen MR) is 97.7 cm³/mol. The minimum absolute atomic E-state index is 0.127. The maximum atomic E-state index is 11.5. The van der Waals surface area contributed by atoms with Gasteiger partial charge in [-0.3, -0.25) is 20.2 Å². The largest absolute Gasteiger partial charge is 0.508 e. The van der Waals surface area contributed by atoms with E-state index >= 15 is 0 Å². The first-order valence-corrected chi connectivity index (χ1v) is 8.31. The van der Waals surface area contributed by atoms with Crippen LogP contribution in [0.2, 0.25) is 0 Å². The monoisotopic (exact) mass is 374 g/mol. The van der Waals surface area contributed by atoms with Crippen molar-refractivity contribution in [2.45, 2.75) is 19.0 Å². The number of phenols is 2. The average Bonchev–Trinajstić information content (AvgIpc) is 2.61. The number of hydrogen-bond donors (Lipinski definition) is 6. The lowest BCUT2D eigenvalue weighted by Crippen LogP contribution is -2.37. The summed E-state index contributed by atoms with van der Waals surface area (Å²) in [6.07, 6.45) is 0. The van der Waals surface area contributed by atoms with E-state index in [-0.39, 0.29) is 35.7 Å². The maximum absolute atomic E-state index is 11.5. The standard InChI is InChI=1S/C19H22N2O6/c1-11-6-7-15(23)13(10-11)17(19(26)27)21-9-8-20-16(18(24)25)12-4-2-3-5-14(12)22/h2-7,10,16-17,20-23H,8-9H2,1H3,(H,24,25)(H,26,27). The van der Waals surface area contributed by atoms with Crippen molar-refractivity contribution in [1.29, 1.82) is 0 Å². The van der Waals surface area contributed by atoms with Crippen molar-refractivity contribution >= 4 is 11.9 Å². The Balaban J connectivity index is 2.02. The molecule has 0 fully saturated rings. The van der Waals surface area contributed by atoms with Gasteiger partial charge in [-0.05, 0) is 19.1 Å². The van der Waals surface area contributed by atoms with Crippen LogP contribution >= 0.6 is 0 Å². The first-order chi connectivity index (χ1) is 12.8. The van der Waals surface area contributed by atoms with Crippen molar-refractivity contribution in [3.05, 3.63) is 59.2 Å². The number of para-hydroxylation sites is 1. The molecule has 0 aliphatic heterocycles. The molecule has 0 saturated carbocycles. The molecule has 27 heavy (non-hydrogen) atoms. The van der Waals surface area contributed by atoms with Gasteiger partial charge in [0.25, 0.3) is 0 Å². The van der Waals surface area contributed by atoms with Crippen molar-refractivity contribution in [1.82, 2.24) is 10.6 Å². The van der Waals surface area contributed by atoms with Gasteiger partial charge in [-0.2, -0.15) is 0 Å². The van der Waals surface area contributed by atoms with Crippen molar-refractivity contribution in [2.24, 2.45) is 0 Å². The first-order valence-electron chi connectivity index (χ1n) is 8.31. The minimum atomic E-state index is -1.16. The van der Waals surface area contributed by atoms with E-state index in [0.717, 1.165) is 5.56 Å². The molecule has 8 nitrogen and oxygen atoms in total. The number of benzene rings is 2. The van der Waals surface area contributed by atoms with Crippen LogP contribution in [0.4, 0.5) is 0 Å². The summed E-state index contributed by atoms with van der Waals surface area (Å²) in [5.41, 5.74) is 1.26. The second kappa shape index (κ2) is 9.02. The lowest BCUT2D eigenvalue weighted by Gasteiger charge is -2.19. The molecule has 2 aromatic carbocycles. The summed E-state index contributed by atoms with van der Waals surface area (Å²) in [5, 5.41) is 44.1. The third-order valence-electron chi connectivity index (χ3n) is 4.06. The topological polar surface area (TPSA) is 139 Å². The van der Waals surface area contributed by atoms with Gasteiger partial charge >= 0.3 is 11.9 Å². The lowest BCUT2D eigenvalue weighted by atomic mass is 10.0. The highest BCUT2D eigenvalue weighted by Gasteiger charge is 2.24. The van der Waals surface area contributed by atoms with E-state index in [2.05, 4.69) is 10.6 Å². The van der Waals surface area contributed by atoms with Crippen molar-refractivity contribution in [3.63, 3.8) is 0 Å². The molecule has 0 amide bonds. The van der Waals surface area contributed by atoms with Crippen LogP contribution < -0.4 is 10.6 Å². The fourth-order valence-corrected chi connectivity index (χ4v) is 2.73. The van der Waals surface area contributed by atoms with Crippen LogP contribution in [0, 0.1) is 6.92 Å². The Morgan fingerprint density at radius 2 is 1.37 bits per heavy atom. The number of aromatic hydroxyl groups is 2. The number of carboxylic acid groups (broad SMARTS) is 2. The molecule has 8 heteroatoms. The third kappa shape index (κ3) is 5.19. The average molecular weight is 374 g/mol. The van der Waals surface area contributed by atoms with Crippen LogP contribution in [0.25, 0.3) is 0 Å². The van der Waals surface area contributed by atoms with Crippen LogP contribution in [0.3, 0.4) is 0 Å². The molecule has 0 aliphatic rings. The van der Waals surface area contributed by atoms with E-state index in [1.165, 1.54) is 18.2 Å². The summed E-state index contributed by atoms with van der Waals surface area (Å²) in [4.78, 5) is 23.0. The molecule has 144 valence electrons. The molecule has 2 atom stereocenters. The summed E-state index contributed by atoms with van der Waals surface area (Å²) in [7, 11) is 0. The highest BCUT2D eigenvalue weighted by molar-refractivity contribution is 5.77. The van der Waals surface area contributed by atoms with Crippen LogP contribution in [0.5, 0.6) is 11.5 Å². The second-order valence-electron chi connectivity index (χ2n) is 6.07. The van der Waals surface area contributed by atoms with Gasteiger partial charge in [-0.15, -0.1) is 0 Å². The number of carbonyl (C=O) groups is 2. The highest BCUT2D eigenvalue weighted by Crippen LogP contribution is 2.26. The smallest absolute Gasteiger partial charge is 0.325 e. The second-order valence-corrected chi connectivity index (χ2v) is 6.07. The van der Waals surface area contributed by atoms with Crippen molar-refractivity contribution in [2.75, 3.05) is 13.1 Å². The zero-order valence-electron chi connectivity index (χ0n) is 14.7. The van der Waals surface area contributed by atoms with Gasteiger partial charge in [-0.1, -0.05) is 35.9 Å². The molecule has 0 spiro atoms. The zero-order chi connectivity index (χ0) is 20.0. The third-order valence-corrected chi connectivity index (χ3v) is 4.06. The number of aliphatic carboxylic acids is 2. The summed E-state index contributed by atoms with van der Waals surface area (Å²) >= 11 is 0. The minimum Gasteiger partial charge on any atom is -0.508 e.